The van der Waals surface area contributed by atoms with Crippen molar-refractivity contribution >= 4 is 39.9 Å². The molecule has 0 radical (unpaired) electrons. The van der Waals surface area contributed by atoms with Crippen LogP contribution in [-0.4, -0.2) is 62.0 Å². The molecular weight excluding hydrogens is 523 g/mol. The number of hydrogen-bond acceptors (Lipinski definition) is 5. The Morgan fingerprint density at radius 1 is 1.07 bits per heavy atom. The van der Waals surface area contributed by atoms with E-state index >= 15 is 0 Å². The van der Waals surface area contributed by atoms with Crippen molar-refractivity contribution in [2.75, 3.05) is 23.3 Å². The molecule has 1 aromatic carbocycles. The number of nitrogens with one attached hydrogen (secondary N) is 2. The number of pyridine rings is 1. The molecular formula is C31H37FN6O3. The molecule has 4 heterocycles. The molecule has 2 fully saturated rings. The summed E-state index contributed by atoms with van der Waals surface area (Å²) in [4.78, 5) is 38.2. The molecule has 1 aliphatic heterocycles. The molecule has 1 saturated heterocycles. The number of aromatic amines is 1. The van der Waals surface area contributed by atoms with E-state index in [2.05, 4.69) is 26.3 Å². The first-order valence-corrected chi connectivity index (χ1v) is 14.3. The number of carbonyl (C=O) groups is 2. The van der Waals surface area contributed by atoms with Crippen molar-refractivity contribution in [3.8, 4) is 0 Å². The number of halogens is 1. The maximum atomic E-state index is 14.6. The number of benzene rings is 1. The van der Waals surface area contributed by atoms with Crippen molar-refractivity contribution in [2.24, 2.45) is 0 Å². The monoisotopic (exact) mass is 560 g/mol. The molecule has 216 valence electrons. The molecule has 2 aliphatic rings. The SMILES string of the molecule is Cc1cn2cc(NC(=O)c3ccc(N4CCC(N(C(=O)OC(C)(C)C)C5CC5)CC4)c4cc(C)[nH]c34)cc(F)c2n1. The van der Waals surface area contributed by atoms with Gasteiger partial charge in [0.25, 0.3) is 5.91 Å². The number of anilines is 2. The minimum absolute atomic E-state index is 0.152. The highest BCUT2D eigenvalue weighted by Crippen LogP contribution is 2.36. The van der Waals surface area contributed by atoms with Crippen LogP contribution in [0.1, 0.15) is 68.2 Å². The lowest BCUT2D eigenvalue weighted by molar-refractivity contribution is 0.0114. The van der Waals surface area contributed by atoms with Gasteiger partial charge in [-0.3, -0.25) is 4.79 Å². The zero-order valence-corrected chi connectivity index (χ0v) is 24.3. The van der Waals surface area contributed by atoms with Crippen LogP contribution in [0.2, 0.25) is 0 Å². The lowest BCUT2D eigenvalue weighted by Crippen LogP contribution is -2.50. The molecule has 6 rings (SSSR count). The largest absolute Gasteiger partial charge is 0.444 e. The summed E-state index contributed by atoms with van der Waals surface area (Å²) in [5, 5.41) is 3.82. The first-order valence-electron chi connectivity index (χ1n) is 14.3. The number of fused-ring (bicyclic) bond motifs is 2. The zero-order chi connectivity index (χ0) is 29.1. The molecule has 2 amide bonds. The number of ether oxygens (including phenoxy) is 1. The van der Waals surface area contributed by atoms with Gasteiger partial charge in [-0.25, -0.2) is 14.2 Å². The van der Waals surface area contributed by atoms with Crippen molar-refractivity contribution in [1.82, 2.24) is 19.3 Å². The molecule has 0 bridgehead atoms. The second-order valence-electron chi connectivity index (χ2n) is 12.4. The molecule has 3 aromatic heterocycles. The number of nitrogens with zero attached hydrogens (tertiary/aromatic N) is 4. The summed E-state index contributed by atoms with van der Waals surface area (Å²) in [6, 6.07) is 7.59. The summed E-state index contributed by atoms with van der Waals surface area (Å²) in [7, 11) is 0. The summed E-state index contributed by atoms with van der Waals surface area (Å²) in [6.45, 7) is 11.1. The maximum Gasteiger partial charge on any atom is 0.410 e. The van der Waals surface area contributed by atoms with Gasteiger partial charge in [-0.1, -0.05) is 0 Å². The molecule has 1 aliphatic carbocycles. The van der Waals surface area contributed by atoms with Crippen LogP contribution >= 0.6 is 0 Å². The van der Waals surface area contributed by atoms with Crippen LogP contribution in [0.3, 0.4) is 0 Å². The normalized spacial score (nSPS) is 16.4. The molecule has 9 nitrogen and oxygen atoms in total. The summed E-state index contributed by atoms with van der Waals surface area (Å²) in [5.41, 5.74) is 3.98. The van der Waals surface area contributed by atoms with Gasteiger partial charge in [-0.2, -0.15) is 0 Å². The average molecular weight is 561 g/mol. The lowest BCUT2D eigenvalue weighted by Gasteiger charge is -2.40. The number of amides is 2. The predicted molar refractivity (Wildman–Crippen MR) is 157 cm³/mol. The second-order valence-corrected chi connectivity index (χ2v) is 12.4. The highest BCUT2D eigenvalue weighted by atomic mass is 19.1. The van der Waals surface area contributed by atoms with Crippen LogP contribution in [0.25, 0.3) is 16.6 Å². The second kappa shape index (κ2) is 10.1. The molecule has 4 aromatic rings. The van der Waals surface area contributed by atoms with Crippen LogP contribution in [0.5, 0.6) is 0 Å². The van der Waals surface area contributed by atoms with Crippen molar-refractivity contribution < 1.29 is 18.7 Å². The molecule has 0 spiro atoms. The van der Waals surface area contributed by atoms with Crippen LogP contribution in [-0.2, 0) is 4.74 Å². The molecule has 41 heavy (non-hydrogen) atoms. The van der Waals surface area contributed by atoms with Crippen molar-refractivity contribution in [3.05, 3.63) is 59.4 Å². The summed E-state index contributed by atoms with van der Waals surface area (Å²) >= 11 is 0. The first kappa shape index (κ1) is 27.1. The highest BCUT2D eigenvalue weighted by Gasteiger charge is 2.41. The summed E-state index contributed by atoms with van der Waals surface area (Å²) in [5.74, 6) is -0.822. The molecule has 0 unspecified atom stereocenters. The number of imidazole rings is 1. The van der Waals surface area contributed by atoms with E-state index in [9.17, 15) is 14.0 Å². The Bertz CT molecular complexity index is 1640. The van der Waals surface area contributed by atoms with E-state index in [0.29, 0.717) is 16.9 Å². The smallest absolute Gasteiger partial charge is 0.410 e. The zero-order valence-electron chi connectivity index (χ0n) is 24.3. The Balaban J connectivity index is 1.20. The quantitative estimate of drug-likeness (QED) is 0.303. The predicted octanol–water partition coefficient (Wildman–Crippen LogP) is 6.19. The van der Waals surface area contributed by atoms with Crippen LogP contribution < -0.4 is 10.2 Å². The van der Waals surface area contributed by atoms with Gasteiger partial charge in [0, 0.05) is 60.4 Å². The number of H-pyrrole nitrogens is 1. The number of aromatic nitrogens is 3. The van der Waals surface area contributed by atoms with Crippen LogP contribution in [0.15, 0.2) is 36.7 Å². The average Bonchev–Trinajstić information content (AvgIpc) is 3.51. The van der Waals surface area contributed by atoms with Crippen LogP contribution in [0.4, 0.5) is 20.6 Å². The third-order valence-electron chi connectivity index (χ3n) is 7.78. The van der Waals surface area contributed by atoms with Gasteiger partial charge in [0.1, 0.15) is 5.60 Å². The highest BCUT2D eigenvalue weighted by molar-refractivity contribution is 6.14. The minimum Gasteiger partial charge on any atom is -0.444 e. The van der Waals surface area contributed by atoms with Crippen molar-refractivity contribution in [2.45, 2.75) is 78.0 Å². The van der Waals surface area contributed by atoms with E-state index in [-0.39, 0.29) is 29.7 Å². The van der Waals surface area contributed by atoms with Crippen LogP contribution in [0, 0.1) is 19.7 Å². The fourth-order valence-corrected chi connectivity index (χ4v) is 5.90. The standard InChI is InChI=1S/C31H37FN6O3/c1-18-14-24-26(36-12-10-22(11-13-36)38(21-6-7-21)30(40)41-31(3,4)5)9-8-23(27(24)33-18)29(39)35-20-15-25(32)28-34-19(2)16-37(28)17-20/h8-9,14-17,21-22,33H,6-7,10-13H2,1-5H3,(H,35,39). The minimum atomic E-state index is -0.518. The van der Waals surface area contributed by atoms with E-state index in [1.54, 1.807) is 23.7 Å². The topological polar surface area (TPSA) is 95.0 Å². The Labute approximate surface area is 238 Å². The Hall–Kier alpha value is -4.08. The number of piperidine rings is 1. The Kier molecular flexibility index (Phi) is 6.66. The molecule has 10 heteroatoms. The third kappa shape index (κ3) is 5.47. The van der Waals surface area contributed by atoms with Gasteiger partial charge in [0.2, 0.25) is 0 Å². The number of rotatable bonds is 5. The van der Waals surface area contributed by atoms with Gasteiger partial charge >= 0.3 is 6.09 Å². The van der Waals surface area contributed by atoms with E-state index < -0.39 is 11.4 Å². The molecule has 0 atom stereocenters. The number of aryl methyl sites for hydroxylation is 2. The third-order valence-corrected chi connectivity index (χ3v) is 7.78. The van der Waals surface area contributed by atoms with E-state index in [0.717, 1.165) is 61.1 Å². The lowest BCUT2D eigenvalue weighted by atomic mass is 10.0. The van der Waals surface area contributed by atoms with Gasteiger partial charge in [-0.15, -0.1) is 0 Å². The summed E-state index contributed by atoms with van der Waals surface area (Å²) in [6.07, 6.45) is 6.95. The molecule has 2 N–H and O–H groups in total. The fraction of sp³-hybridized carbons (Fsp3) is 0.452. The van der Waals surface area contributed by atoms with E-state index in [1.807, 2.05) is 44.7 Å². The van der Waals surface area contributed by atoms with Crippen molar-refractivity contribution in [3.63, 3.8) is 0 Å². The van der Waals surface area contributed by atoms with Gasteiger partial charge in [0.15, 0.2) is 11.5 Å². The van der Waals surface area contributed by atoms with E-state index in [1.165, 1.54) is 6.07 Å². The van der Waals surface area contributed by atoms with Gasteiger partial charge in [-0.05, 0) is 78.5 Å². The number of carbonyl (C=O) groups excluding carboxylic acids is 2. The Morgan fingerprint density at radius 2 is 1.78 bits per heavy atom. The van der Waals surface area contributed by atoms with E-state index in [4.69, 9.17) is 4.74 Å². The fourth-order valence-electron chi connectivity index (χ4n) is 5.90. The van der Waals surface area contributed by atoms with Gasteiger partial charge < -0.3 is 29.2 Å². The molecule has 1 saturated carbocycles. The first-order chi connectivity index (χ1) is 19.5. The summed E-state index contributed by atoms with van der Waals surface area (Å²) < 4.78 is 21.9. The maximum absolute atomic E-state index is 14.6. The van der Waals surface area contributed by atoms with Crippen molar-refractivity contribution in [1.29, 1.82) is 0 Å². The Morgan fingerprint density at radius 3 is 2.46 bits per heavy atom. The number of hydrogen-bond donors (Lipinski definition) is 2. The van der Waals surface area contributed by atoms with Gasteiger partial charge in [0.05, 0.1) is 22.5 Å².